The number of ether oxygens (including phenoxy) is 1. The average Bonchev–Trinajstić information content (AvgIpc) is 3.00. The fourth-order valence-corrected chi connectivity index (χ4v) is 7.41. The van der Waals surface area contributed by atoms with Gasteiger partial charge in [-0.2, -0.15) is 0 Å². The number of hydrogen-bond donors (Lipinski definition) is 1. The second-order valence-electron chi connectivity index (χ2n) is 9.45. The molecule has 1 atom stereocenters. The number of esters is 1. The van der Waals surface area contributed by atoms with Crippen LogP contribution in [0.15, 0.2) is 133 Å². The topological polar surface area (TPSA) is 72.5 Å². The molecule has 1 N–H and O–H groups in total. The quantitative estimate of drug-likeness (QED) is 0.147. The van der Waals surface area contributed by atoms with Crippen LogP contribution >= 0.6 is 7.14 Å². The van der Waals surface area contributed by atoms with Crippen molar-refractivity contribution in [2.24, 2.45) is 0 Å². The minimum absolute atomic E-state index is 0.316. The number of benzene rings is 4. The first kappa shape index (κ1) is 28.5. The fraction of sp³-hybridized carbons (Fsp3) is 0.118. The van der Waals surface area contributed by atoms with Crippen molar-refractivity contribution in [3.63, 3.8) is 0 Å². The van der Waals surface area contributed by atoms with Crippen molar-refractivity contribution in [3.05, 3.63) is 149 Å². The Bertz CT molecular complexity index is 1500. The van der Waals surface area contributed by atoms with Gasteiger partial charge in [-0.15, -0.1) is 0 Å². The zero-order valence-corrected chi connectivity index (χ0v) is 23.5. The van der Waals surface area contributed by atoms with Gasteiger partial charge in [-0.1, -0.05) is 110 Å². The van der Waals surface area contributed by atoms with Crippen LogP contribution in [0.25, 0.3) is 6.08 Å². The molecule has 0 aromatic heterocycles. The third kappa shape index (κ3) is 6.56. The van der Waals surface area contributed by atoms with Crippen LogP contribution in [0.5, 0.6) is 0 Å². The smallest absolute Gasteiger partial charge is 0.328 e. The number of rotatable bonds is 10. The highest BCUT2D eigenvalue weighted by Crippen LogP contribution is 2.55. The zero-order valence-electron chi connectivity index (χ0n) is 22.6. The summed E-state index contributed by atoms with van der Waals surface area (Å²) in [7, 11) is -1.92. The molecule has 0 aliphatic carbocycles. The molecule has 4 rings (SSSR count). The number of amides is 1. The number of carbonyl (C=O) groups excluding carboxylic acids is 2. The standard InChI is InChI=1S/C34H32NO4P/c1-25(2)32(40(38,29-15-9-5-10-16-29)30-17-11-6-12-18-30)24-27-19-21-28(22-20-27)33(36)35-31(34(37)39-3)23-26-13-7-4-8-14-26/h4-22,24,31H,1,23H2,2-3H3,(H,35,36)/b32-24+. The van der Waals surface area contributed by atoms with Crippen molar-refractivity contribution in [1.82, 2.24) is 5.32 Å². The van der Waals surface area contributed by atoms with Gasteiger partial charge in [-0.25, -0.2) is 4.79 Å². The molecule has 1 unspecified atom stereocenters. The van der Waals surface area contributed by atoms with Gasteiger partial charge in [0.2, 0.25) is 0 Å². The molecule has 0 heterocycles. The molecule has 0 fully saturated rings. The molecule has 0 bridgehead atoms. The average molecular weight is 550 g/mol. The lowest BCUT2D eigenvalue weighted by atomic mass is 10.0. The maximum absolute atomic E-state index is 14.9. The van der Waals surface area contributed by atoms with E-state index in [0.717, 1.165) is 21.7 Å². The number of methoxy groups -OCH3 is 1. The maximum Gasteiger partial charge on any atom is 0.328 e. The highest BCUT2D eigenvalue weighted by atomic mass is 31.2. The van der Waals surface area contributed by atoms with E-state index in [2.05, 4.69) is 11.9 Å². The van der Waals surface area contributed by atoms with Gasteiger partial charge in [0, 0.05) is 27.9 Å². The number of carbonyl (C=O) groups is 2. The van der Waals surface area contributed by atoms with E-state index >= 15 is 0 Å². The third-order valence-corrected chi connectivity index (χ3v) is 9.81. The lowest BCUT2D eigenvalue weighted by Crippen LogP contribution is -2.43. The highest BCUT2D eigenvalue weighted by Gasteiger charge is 2.32. The van der Waals surface area contributed by atoms with E-state index in [-0.39, 0.29) is 5.91 Å². The van der Waals surface area contributed by atoms with Crippen molar-refractivity contribution in [3.8, 4) is 0 Å². The predicted octanol–water partition coefficient (Wildman–Crippen LogP) is 6.13. The van der Waals surface area contributed by atoms with Crippen LogP contribution in [0.3, 0.4) is 0 Å². The third-order valence-electron chi connectivity index (χ3n) is 6.57. The normalized spacial score (nSPS) is 12.3. The number of hydrogen-bond acceptors (Lipinski definition) is 4. The molecule has 40 heavy (non-hydrogen) atoms. The number of nitrogens with one attached hydrogen (secondary N) is 1. The Labute approximate surface area is 235 Å². The summed E-state index contributed by atoms with van der Waals surface area (Å²) in [5, 5.41) is 4.87. The monoisotopic (exact) mass is 549 g/mol. The van der Waals surface area contributed by atoms with Crippen LogP contribution in [0.2, 0.25) is 0 Å². The SMILES string of the molecule is C=C(C)/C(=C\c1ccc(C(=O)NC(Cc2ccccc2)C(=O)OC)cc1)P(=O)(c1ccccc1)c1ccccc1. The predicted molar refractivity (Wildman–Crippen MR) is 162 cm³/mol. The van der Waals surface area contributed by atoms with Crippen molar-refractivity contribution in [1.29, 1.82) is 0 Å². The second kappa shape index (κ2) is 13.1. The van der Waals surface area contributed by atoms with Crippen LogP contribution in [0.1, 0.15) is 28.4 Å². The molecule has 5 nitrogen and oxygen atoms in total. The molecule has 0 aliphatic heterocycles. The molecule has 0 spiro atoms. The van der Waals surface area contributed by atoms with Crippen molar-refractivity contribution >= 4 is 35.7 Å². The first-order valence-electron chi connectivity index (χ1n) is 12.9. The van der Waals surface area contributed by atoms with Gasteiger partial charge in [0.15, 0.2) is 7.14 Å². The van der Waals surface area contributed by atoms with E-state index in [9.17, 15) is 14.2 Å². The van der Waals surface area contributed by atoms with Crippen LogP contribution in [0.4, 0.5) is 0 Å². The zero-order chi connectivity index (χ0) is 28.5. The van der Waals surface area contributed by atoms with Gasteiger partial charge in [0.25, 0.3) is 5.91 Å². The van der Waals surface area contributed by atoms with E-state index in [4.69, 9.17) is 4.74 Å². The Morgan fingerprint density at radius 2 is 1.32 bits per heavy atom. The molecule has 0 saturated carbocycles. The first-order chi connectivity index (χ1) is 19.3. The minimum atomic E-state index is -3.22. The highest BCUT2D eigenvalue weighted by molar-refractivity contribution is 7.82. The summed E-state index contributed by atoms with van der Waals surface area (Å²) in [6, 6.07) is 34.4. The van der Waals surface area contributed by atoms with Gasteiger partial charge in [-0.05, 0) is 41.8 Å². The van der Waals surface area contributed by atoms with Crippen LogP contribution in [0, 0.1) is 0 Å². The second-order valence-corrected chi connectivity index (χ2v) is 12.2. The Morgan fingerprint density at radius 1 is 0.825 bits per heavy atom. The van der Waals surface area contributed by atoms with Crippen LogP contribution in [-0.4, -0.2) is 25.0 Å². The molecule has 4 aromatic carbocycles. The molecule has 0 aliphatic rings. The minimum Gasteiger partial charge on any atom is -0.467 e. The summed E-state index contributed by atoms with van der Waals surface area (Å²) in [4.78, 5) is 25.4. The lowest BCUT2D eigenvalue weighted by molar-refractivity contribution is -0.142. The molecule has 0 radical (unpaired) electrons. The number of allylic oxidation sites excluding steroid dienone is 2. The lowest BCUT2D eigenvalue weighted by Gasteiger charge is -2.23. The summed E-state index contributed by atoms with van der Waals surface area (Å²) in [5.41, 5.74) is 2.77. The van der Waals surface area contributed by atoms with Gasteiger partial charge in [0.05, 0.1) is 7.11 Å². The van der Waals surface area contributed by atoms with Gasteiger partial charge >= 0.3 is 5.97 Å². The maximum atomic E-state index is 14.9. The molecule has 1 amide bonds. The molecular weight excluding hydrogens is 517 g/mol. The molecule has 4 aromatic rings. The van der Waals surface area contributed by atoms with Gasteiger partial charge < -0.3 is 14.6 Å². The summed E-state index contributed by atoms with van der Waals surface area (Å²) in [6.07, 6.45) is 2.19. The molecule has 6 heteroatoms. The largest absolute Gasteiger partial charge is 0.467 e. The van der Waals surface area contributed by atoms with Crippen LogP contribution in [-0.2, 0) is 20.5 Å². The Balaban J connectivity index is 1.63. The van der Waals surface area contributed by atoms with E-state index in [1.165, 1.54) is 7.11 Å². The summed E-state index contributed by atoms with van der Waals surface area (Å²) >= 11 is 0. The van der Waals surface area contributed by atoms with Gasteiger partial charge in [0.1, 0.15) is 6.04 Å². The van der Waals surface area contributed by atoms with Crippen molar-refractivity contribution in [2.75, 3.05) is 7.11 Å². The van der Waals surface area contributed by atoms with E-state index < -0.39 is 19.2 Å². The Morgan fingerprint density at radius 3 is 1.80 bits per heavy atom. The van der Waals surface area contributed by atoms with E-state index in [1.54, 1.807) is 24.3 Å². The van der Waals surface area contributed by atoms with Crippen molar-refractivity contribution in [2.45, 2.75) is 19.4 Å². The fourth-order valence-electron chi connectivity index (χ4n) is 4.50. The van der Waals surface area contributed by atoms with E-state index in [1.807, 2.05) is 104 Å². The summed E-state index contributed by atoms with van der Waals surface area (Å²) < 4.78 is 19.8. The molecule has 202 valence electrons. The summed E-state index contributed by atoms with van der Waals surface area (Å²) in [6.45, 7) is 6.01. The summed E-state index contributed by atoms with van der Waals surface area (Å²) in [5.74, 6) is -0.901. The Kier molecular flexibility index (Phi) is 9.31. The Hall–Kier alpha value is -4.47. The van der Waals surface area contributed by atoms with E-state index in [0.29, 0.717) is 22.9 Å². The van der Waals surface area contributed by atoms with Crippen molar-refractivity contribution < 1.29 is 18.9 Å². The molecule has 0 saturated heterocycles. The first-order valence-corrected chi connectivity index (χ1v) is 14.7. The molecular formula is C34H32NO4P. The van der Waals surface area contributed by atoms with Crippen LogP contribution < -0.4 is 15.9 Å². The van der Waals surface area contributed by atoms with Gasteiger partial charge in [-0.3, -0.25) is 4.79 Å².